The number of hydrogen-bond donors (Lipinski definition) is 1. The Morgan fingerprint density at radius 2 is 1.90 bits per heavy atom. The number of aryl methyl sites for hydroxylation is 1. The molecule has 0 saturated carbocycles. The highest BCUT2D eigenvalue weighted by Gasteiger charge is 2.22. The van der Waals surface area contributed by atoms with Crippen LogP contribution in [0.25, 0.3) is 16.8 Å². The molecule has 0 aliphatic heterocycles. The number of ether oxygens (including phenoxy) is 2. The Bertz CT molecular complexity index is 1250. The van der Waals surface area contributed by atoms with Crippen molar-refractivity contribution >= 4 is 17.2 Å². The predicted octanol–water partition coefficient (Wildman–Crippen LogP) is 3.65. The molecule has 8 nitrogen and oxygen atoms in total. The Balaban J connectivity index is 1.76. The summed E-state index contributed by atoms with van der Waals surface area (Å²) in [5.41, 5.74) is 3.68. The quantitative estimate of drug-likeness (QED) is 0.511. The van der Waals surface area contributed by atoms with Crippen LogP contribution in [0, 0.1) is 12.7 Å². The van der Waals surface area contributed by atoms with Gasteiger partial charge in [0.15, 0.2) is 11.3 Å². The van der Waals surface area contributed by atoms with Gasteiger partial charge < -0.3 is 14.8 Å². The number of halogens is 1. The summed E-state index contributed by atoms with van der Waals surface area (Å²) < 4.78 is 25.4. The number of methoxy groups -OCH3 is 2. The van der Waals surface area contributed by atoms with Crippen LogP contribution in [0.2, 0.25) is 0 Å². The summed E-state index contributed by atoms with van der Waals surface area (Å²) >= 11 is 0. The van der Waals surface area contributed by atoms with Crippen LogP contribution < -0.4 is 10.1 Å². The number of aromatic nitrogens is 4. The molecule has 0 aliphatic carbocycles. The summed E-state index contributed by atoms with van der Waals surface area (Å²) in [5, 5.41) is 15.8. The third kappa shape index (κ3) is 3.95. The van der Waals surface area contributed by atoms with E-state index >= 15 is 0 Å². The van der Waals surface area contributed by atoms with Crippen LogP contribution in [-0.4, -0.2) is 39.9 Å². The second-order valence-corrected chi connectivity index (χ2v) is 6.82. The number of anilines is 1. The number of nitrogens with one attached hydrogen (secondary N) is 1. The first-order valence-corrected chi connectivity index (χ1v) is 9.47. The highest BCUT2D eigenvalue weighted by Crippen LogP contribution is 2.29. The van der Waals surface area contributed by atoms with Gasteiger partial charge in [0.25, 0.3) is 5.91 Å². The van der Waals surface area contributed by atoms with Gasteiger partial charge in [-0.15, -0.1) is 10.2 Å². The highest BCUT2D eigenvalue weighted by atomic mass is 19.1. The molecule has 2 aromatic heterocycles. The molecule has 0 radical (unpaired) electrons. The number of amides is 1. The zero-order valence-corrected chi connectivity index (χ0v) is 17.2. The van der Waals surface area contributed by atoms with E-state index in [4.69, 9.17) is 9.47 Å². The predicted molar refractivity (Wildman–Crippen MR) is 113 cm³/mol. The third-order valence-corrected chi connectivity index (χ3v) is 4.80. The van der Waals surface area contributed by atoms with Crippen molar-refractivity contribution in [2.45, 2.75) is 13.5 Å². The number of benzene rings is 2. The van der Waals surface area contributed by atoms with Gasteiger partial charge in [-0.05, 0) is 36.8 Å². The average molecular weight is 421 g/mol. The SMILES string of the molecule is COCc1nn2c(C)c(C(=O)Nc3cccc(OC)c3)nnc2c1-c1ccc(F)cc1. The maximum absolute atomic E-state index is 13.4. The molecule has 0 saturated heterocycles. The Kier molecular flexibility index (Phi) is 5.59. The maximum Gasteiger partial charge on any atom is 0.278 e. The van der Waals surface area contributed by atoms with E-state index in [1.807, 2.05) is 0 Å². The highest BCUT2D eigenvalue weighted by molar-refractivity contribution is 6.03. The van der Waals surface area contributed by atoms with E-state index in [1.165, 1.54) is 12.1 Å². The monoisotopic (exact) mass is 421 g/mol. The standard InChI is InChI=1S/C22H20FN5O3/c1-13-20(22(29)24-16-5-4-6-17(11-16)31-3)25-26-21-19(14-7-9-15(23)10-8-14)18(12-30-2)27-28(13)21/h4-11H,12H2,1-3H3,(H,24,29). The molecular formula is C22H20FN5O3. The van der Waals surface area contributed by atoms with Gasteiger partial charge in [0.05, 0.1) is 30.7 Å². The van der Waals surface area contributed by atoms with Crippen LogP contribution in [0.15, 0.2) is 48.5 Å². The van der Waals surface area contributed by atoms with Crippen molar-refractivity contribution in [2.75, 3.05) is 19.5 Å². The summed E-state index contributed by atoms with van der Waals surface area (Å²) in [6.07, 6.45) is 0. The molecule has 158 valence electrons. The van der Waals surface area contributed by atoms with Gasteiger partial charge in [-0.25, -0.2) is 8.91 Å². The molecule has 0 unspecified atom stereocenters. The molecule has 0 aliphatic rings. The van der Waals surface area contributed by atoms with Crippen LogP contribution in [-0.2, 0) is 11.3 Å². The normalized spacial score (nSPS) is 11.0. The van der Waals surface area contributed by atoms with Crippen LogP contribution >= 0.6 is 0 Å². The molecule has 4 rings (SSSR count). The average Bonchev–Trinajstić information content (AvgIpc) is 3.14. The number of carbonyl (C=O) groups is 1. The van der Waals surface area contributed by atoms with Crippen molar-refractivity contribution in [1.82, 2.24) is 19.8 Å². The second kappa shape index (κ2) is 8.49. The van der Waals surface area contributed by atoms with Crippen LogP contribution in [0.4, 0.5) is 10.1 Å². The first-order chi connectivity index (χ1) is 15.0. The minimum absolute atomic E-state index is 0.132. The van der Waals surface area contributed by atoms with Crippen LogP contribution in [0.1, 0.15) is 21.9 Å². The summed E-state index contributed by atoms with van der Waals surface area (Å²) in [6.45, 7) is 1.96. The Morgan fingerprint density at radius 1 is 1.13 bits per heavy atom. The van der Waals surface area contributed by atoms with Crippen molar-refractivity contribution in [3.8, 4) is 16.9 Å². The minimum atomic E-state index is -0.424. The van der Waals surface area contributed by atoms with Gasteiger partial charge in [-0.1, -0.05) is 18.2 Å². The van der Waals surface area contributed by atoms with Crippen molar-refractivity contribution < 1.29 is 18.7 Å². The summed E-state index contributed by atoms with van der Waals surface area (Å²) in [7, 11) is 3.11. The lowest BCUT2D eigenvalue weighted by atomic mass is 10.1. The molecule has 0 spiro atoms. The lowest BCUT2D eigenvalue weighted by Gasteiger charge is -2.09. The van der Waals surface area contributed by atoms with E-state index < -0.39 is 5.91 Å². The van der Waals surface area contributed by atoms with Crippen LogP contribution in [0.3, 0.4) is 0 Å². The topological polar surface area (TPSA) is 90.6 Å². The van der Waals surface area contributed by atoms with E-state index in [9.17, 15) is 9.18 Å². The Hall–Kier alpha value is -3.85. The zero-order valence-electron chi connectivity index (χ0n) is 17.2. The van der Waals surface area contributed by atoms with Gasteiger partial charge in [-0.3, -0.25) is 4.79 Å². The number of carbonyl (C=O) groups excluding carboxylic acids is 1. The van der Waals surface area contributed by atoms with Crippen molar-refractivity contribution in [2.24, 2.45) is 0 Å². The van der Waals surface area contributed by atoms with Gasteiger partial charge in [0.1, 0.15) is 11.6 Å². The van der Waals surface area contributed by atoms with E-state index in [0.29, 0.717) is 34.0 Å². The van der Waals surface area contributed by atoms with E-state index in [0.717, 1.165) is 5.56 Å². The summed E-state index contributed by atoms with van der Waals surface area (Å²) in [6, 6.07) is 13.0. The van der Waals surface area contributed by atoms with Crippen molar-refractivity contribution in [1.29, 1.82) is 0 Å². The van der Waals surface area contributed by atoms with Gasteiger partial charge in [0.2, 0.25) is 0 Å². The lowest BCUT2D eigenvalue weighted by molar-refractivity contribution is 0.102. The molecule has 0 bridgehead atoms. The fourth-order valence-corrected chi connectivity index (χ4v) is 3.30. The zero-order chi connectivity index (χ0) is 22.0. The number of hydrogen-bond acceptors (Lipinski definition) is 6. The molecule has 2 heterocycles. The largest absolute Gasteiger partial charge is 0.497 e. The maximum atomic E-state index is 13.4. The third-order valence-electron chi connectivity index (χ3n) is 4.80. The molecule has 0 fully saturated rings. The van der Waals surface area contributed by atoms with Gasteiger partial charge >= 0.3 is 0 Å². The van der Waals surface area contributed by atoms with Gasteiger partial charge in [0, 0.05) is 18.9 Å². The van der Waals surface area contributed by atoms with Gasteiger partial charge in [-0.2, -0.15) is 5.10 Å². The van der Waals surface area contributed by atoms with Crippen LogP contribution in [0.5, 0.6) is 5.75 Å². The van der Waals surface area contributed by atoms with E-state index in [2.05, 4.69) is 20.6 Å². The number of nitrogens with zero attached hydrogens (tertiary/aromatic N) is 4. The molecule has 9 heteroatoms. The number of fused-ring (bicyclic) bond motifs is 1. The first kappa shape index (κ1) is 20.4. The van der Waals surface area contributed by atoms with E-state index in [-0.39, 0.29) is 18.1 Å². The fraction of sp³-hybridized carbons (Fsp3) is 0.182. The number of rotatable bonds is 6. The molecule has 31 heavy (non-hydrogen) atoms. The van der Waals surface area contributed by atoms with Crippen molar-refractivity contribution in [3.63, 3.8) is 0 Å². The summed E-state index contributed by atoms with van der Waals surface area (Å²) in [5.74, 6) is -0.143. The fourth-order valence-electron chi connectivity index (χ4n) is 3.30. The second-order valence-electron chi connectivity index (χ2n) is 6.82. The smallest absolute Gasteiger partial charge is 0.278 e. The molecule has 2 aromatic carbocycles. The summed E-state index contributed by atoms with van der Waals surface area (Å²) in [4.78, 5) is 12.8. The lowest BCUT2D eigenvalue weighted by Crippen LogP contribution is -2.18. The molecular weight excluding hydrogens is 401 g/mol. The molecule has 4 aromatic rings. The minimum Gasteiger partial charge on any atom is -0.497 e. The Morgan fingerprint density at radius 3 is 2.61 bits per heavy atom. The molecule has 1 N–H and O–H groups in total. The molecule has 0 atom stereocenters. The van der Waals surface area contributed by atoms with E-state index in [1.54, 1.807) is 62.1 Å². The molecule has 1 amide bonds. The Labute approximate surface area is 177 Å². The van der Waals surface area contributed by atoms with Crippen molar-refractivity contribution in [3.05, 3.63) is 71.4 Å². The first-order valence-electron chi connectivity index (χ1n) is 9.47.